The number of carbonyl (C=O) groups is 2. The zero-order valence-electron chi connectivity index (χ0n) is 15.8. The van der Waals surface area contributed by atoms with Gasteiger partial charge in [-0.25, -0.2) is 0 Å². The Kier molecular flexibility index (Phi) is 7.27. The average Bonchev–Trinajstić information content (AvgIpc) is 2.62. The van der Waals surface area contributed by atoms with E-state index in [1.807, 2.05) is 18.7 Å². The molecule has 7 heteroatoms. The van der Waals surface area contributed by atoms with Crippen LogP contribution in [0.4, 0.5) is 13.2 Å². The molecule has 1 heterocycles. The third-order valence-electron chi connectivity index (χ3n) is 5.13. The molecule has 0 aromatic heterocycles. The fourth-order valence-electron chi connectivity index (χ4n) is 3.46. The molecule has 1 fully saturated rings. The first kappa shape index (κ1) is 21.3. The minimum atomic E-state index is -4.42. The van der Waals surface area contributed by atoms with Crippen LogP contribution in [0.25, 0.3) is 0 Å². The Bertz CT molecular complexity index is 649. The minimum Gasteiger partial charge on any atom is -0.353 e. The second kappa shape index (κ2) is 9.24. The summed E-state index contributed by atoms with van der Waals surface area (Å²) in [5, 5.41) is 2.88. The number of benzene rings is 1. The van der Waals surface area contributed by atoms with Gasteiger partial charge in [-0.3, -0.25) is 9.59 Å². The average molecular weight is 384 g/mol. The van der Waals surface area contributed by atoms with E-state index in [9.17, 15) is 22.8 Å². The molecule has 2 rings (SSSR count). The first-order valence-electron chi connectivity index (χ1n) is 9.48. The summed E-state index contributed by atoms with van der Waals surface area (Å²) in [6.45, 7) is 5.22. The fourth-order valence-corrected chi connectivity index (χ4v) is 3.46. The van der Waals surface area contributed by atoms with Gasteiger partial charge in [0.05, 0.1) is 12.0 Å². The molecule has 0 radical (unpaired) electrons. The van der Waals surface area contributed by atoms with E-state index in [2.05, 4.69) is 5.32 Å². The summed E-state index contributed by atoms with van der Waals surface area (Å²) >= 11 is 0. The van der Waals surface area contributed by atoms with Crippen LogP contribution in [0, 0.1) is 5.92 Å². The van der Waals surface area contributed by atoms with Gasteiger partial charge in [0, 0.05) is 25.0 Å². The summed E-state index contributed by atoms with van der Waals surface area (Å²) < 4.78 is 38.3. The van der Waals surface area contributed by atoms with E-state index in [-0.39, 0.29) is 30.2 Å². The maximum Gasteiger partial charge on any atom is 0.416 e. The molecule has 150 valence electrons. The van der Waals surface area contributed by atoms with Crippen molar-refractivity contribution in [2.45, 2.75) is 58.2 Å². The summed E-state index contributed by atoms with van der Waals surface area (Å²) in [6, 6.07) is 4.79. The van der Waals surface area contributed by atoms with Crippen LogP contribution in [0.3, 0.4) is 0 Å². The number of nitrogens with one attached hydrogen (secondary N) is 1. The normalized spacial score (nSPS) is 15.9. The molecule has 1 aromatic rings. The van der Waals surface area contributed by atoms with Gasteiger partial charge in [-0.1, -0.05) is 32.0 Å². The molecule has 1 aromatic carbocycles. The van der Waals surface area contributed by atoms with Crippen LogP contribution in [-0.2, 0) is 22.2 Å². The Hall–Kier alpha value is -2.05. The lowest BCUT2D eigenvalue weighted by molar-refractivity contribution is -0.138. The number of carbonyl (C=O) groups excluding carboxylic acids is 2. The highest BCUT2D eigenvalue weighted by Crippen LogP contribution is 2.29. The van der Waals surface area contributed by atoms with Crippen molar-refractivity contribution < 1.29 is 22.8 Å². The fraction of sp³-hybridized carbons (Fsp3) is 0.600. The SMILES string of the molecule is CCC(CC)C(=O)N1CCC(NC(=O)Cc2cccc(C(F)(F)F)c2)CC1. The highest BCUT2D eigenvalue weighted by molar-refractivity contribution is 5.80. The number of likely N-dealkylation sites (tertiary alicyclic amines) is 1. The van der Waals surface area contributed by atoms with E-state index in [4.69, 9.17) is 0 Å². The topological polar surface area (TPSA) is 49.4 Å². The summed E-state index contributed by atoms with van der Waals surface area (Å²) in [7, 11) is 0. The lowest BCUT2D eigenvalue weighted by Crippen LogP contribution is -2.48. The number of hydrogen-bond acceptors (Lipinski definition) is 2. The molecule has 0 spiro atoms. The van der Waals surface area contributed by atoms with Gasteiger partial charge in [-0.05, 0) is 37.3 Å². The lowest BCUT2D eigenvalue weighted by Gasteiger charge is -2.34. The van der Waals surface area contributed by atoms with Gasteiger partial charge < -0.3 is 10.2 Å². The second-order valence-corrected chi connectivity index (χ2v) is 7.06. The number of hydrogen-bond donors (Lipinski definition) is 1. The van der Waals surface area contributed by atoms with Crippen LogP contribution in [0.2, 0.25) is 0 Å². The van der Waals surface area contributed by atoms with E-state index < -0.39 is 11.7 Å². The van der Waals surface area contributed by atoms with Gasteiger partial charge in [-0.15, -0.1) is 0 Å². The highest BCUT2D eigenvalue weighted by atomic mass is 19.4. The van der Waals surface area contributed by atoms with Crippen molar-refractivity contribution in [2.75, 3.05) is 13.1 Å². The van der Waals surface area contributed by atoms with E-state index in [0.29, 0.717) is 31.5 Å². The molecular formula is C20H27F3N2O2. The summed E-state index contributed by atoms with van der Waals surface area (Å²) in [5.41, 5.74) is -0.412. The molecule has 2 amide bonds. The van der Waals surface area contributed by atoms with Crippen LogP contribution in [0.5, 0.6) is 0 Å². The second-order valence-electron chi connectivity index (χ2n) is 7.06. The summed E-state index contributed by atoms with van der Waals surface area (Å²) in [6.07, 6.45) is -1.52. The van der Waals surface area contributed by atoms with Crippen molar-refractivity contribution in [3.8, 4) is 0 Å². The molecule has 1 saturated heterocycles. The first-order valence-corrected chi connectivity index (χ1v) is 9.48. The van der Waals surface area contributed by atoms with Crippen molar-refractivity contribution in [1.82, 2.24) is 10.2 Å². The first-order chi connectivity index (χ1) is 12.7. The van der Waals surface area contributed by atoms with Crippen LogP contribution >= 0.6 is 0 Å². The smallest absolute Gasteiger partial charge is 0.353 e. The van der Waals surface area contributed by atoms with Crippen LogP contribution in [-0.4, -0.2) is 35.8 Å². The minimum absolute atomic E-state index is 0.0472. The third-order valence-corrected chi connectivity index (χ3v) is 5.13. The van der Waals surface area contributed by atoms with E-state index in [1.165, 1.54) is 12.1 Å². The molecule has 0 atom stereocenters. The molecule has 1 aliphatic rings. The molecule has 0 aliphatic carbocycles. The highest BCUT2D eigenvalue weighted by Gasteiger charge is 2.31. The number of alkyl halides is 3. The van der Waals surface area contributed by atoms with Crippen molar-refractivity contribution in [1.29, 1.82) is 0 Å². The number of piperidine rings is 1. The maximum atomic E-state index is 12.8. The Labute approximate surface area is 158 Å². The molecule has 1 N–H and O–H groups in total. The number of rotatable bonds is 6. The molecule has 0 bridgehead atoms. The molecular weight excluding hydrogens is 357 g/mol. The zero-order chi connectivity index (χ0) is 20.0. The predicted octanol–water partition coefficient (Wildman–Crippen LogP) is 3.79. The number of halogens is 3. The standard InChI is InChI=1S/C20H27F3N2O2/c1-3-15(4-2)19(27)25-10-8-17(9-11-25)24-18(26)13-14-6-5-7-16(12-14)20(21,22)23/h5-7,12,15,17H,3-4,8-11,13H2,1-2H3,(H,24,26). The summed E-state index contributed by atoms with van der Waals surface area (Å²) in [4.78, 5) is 26.4. The number of amides is 2. The zero-order valence-corrected chi connectivity index (χ0v) is 15.8. The van der Waals surface area contributed by atoms with Crippen molar-refractivity contribution in [3.63, 3.8) is 0 Å². The van der Waals surface area contributed by atoms with Crippen molar-refractivity contribution in [2.24, 2.45) is 5.92 Å². The Balaban J connectivity index is 1.84. The quantitative estimate of drug-likeness (QED) is 0.811. The predicted molar refractivity (Wildman–Crippen MR) is 97.0 cm³/mol. The van der Waals surface area contributed by atoms with E-state index in [0.717, 1.165) is 25.0 Å². The van der Waals surface area contributed by atoms with Crippen LogP contribution in [0.15, 0.2) is 24.3 Å². The van der Waals surface area contributed by atoms with Crippen LogP contribution in [0.1, 0.15) is 50.7 Å². The number of nitrogens with zero attached hydrogens (tertiary/aromatic N) is 1. The van der Waals surface area contributed by atoms with E-state index in [1.54, 1.807) is 0 Å². The largest absolute Gasteiger partial charge is 0.416 e. The van der Waals surface area contributed by atoms with Gasteiger partial charge in [0.15, 0.2) is 0 Å². The Morgan fingerprint density at radius 3 is 2.37 bits per heavy atom. The van der Waals surface area contributed by atoms with Gasteiger partial charge in [0.2, 0.25) is 11.8 Å². The van der Waals surface area contributed by atoms with Gasteiger partial charge in [0.1, 0.15) is 0 Å². The van der Waals surface area contributed by atoms with E-state index >= 15 is 0 Å². The van der Waals surface area contributed by atoms with Crippen molar-refractivity contribution in [3.05, 3.63) is 35.4 Å². The monoisotopic (exact) mass is 384 g/mol. The van der Waals surface area contributed by atoms with Gasteiger partial charge in [0.25, 0.3) is 0 Å². The molecule has 27 heavy (non-hydrogen) atoms. The molecule has 1 aliphatic heterocycles. The third kappa shape index (κ3) is 5.97. The Morgan fingerprint density at radius 1 is 1.19 bits per heavy atom. The van der Waals surface area contributed by atoms with Crippen molar-refractivity contribution >= 4 is 11.8 Å². The maximum absolute atomic E-state index is 12.8. The molecule has 0 saturated carbocycles. The Morgan fingerprint density at radius 2 is 1.81 bits per heavy atom. The summed E-state index contributed by atoms with van der Waals surface area (Å²) in [5.74, 6) is -0.0649. The lowest BCUT2D eigenvalue weighted by atomic mass is 9.98. The van der Waals surface area contributed by atoms with Gasteiger partial charge >= 0.3 is 6.18 Å². The van der Waals surface area contributed by atoms with Gasteiger partial charge in [-0.2, -0.15) is 13.2 Å². The van der Waals surface area contributed by atoms with Crippen LogP contribution < -0.4 is 5.32 Å². The molecule has 0 unspecified atom stereocenters. The molecule has 4 nitrogen and oxygen atoms in total.